The molecular formula is C27H31N3O2. The van der Waals surface area contributed by atoms with Crippen LogP contribution in [0, 0.1) is 0 Å². The number of hydrogen-bond donors (Lipinski definition) is 2. The number of carbonyl (C=O) groups excluding carboxylic acids is 2. The molecule has 0 aliphatic rings. The van der Waals surface area contributed by atoms with Crippen LogP contribution in [0.4, 0.5) is 0 Å². The minimum absolute atomic E-state index is 0.0259. The monoisotopic (exact) mass is 429 g/mol. The van der Waals surface area contributed by atoms with Gasteiger partial charge in [0.1, 0.15) is 5.69 Å². The van der Waals surface area contributed by atoms with E-state index in [1.54, 1.807) is 12.1 Å². The smallest absolute Gasteiger partial charge is 0.270 e. The summed E-state index contributed by atoms with van der Waals surface area (Å²) in [7, 11) is 0. The molecule has 0 aliphatic heterocycles. The lowest BCUT2D eigenvalue weighted by atomic mass is 10.1. The second-order valence-corrected chi connectivity index (χ2v) is 8.23. The van der Waals surface area contributed by atoms with Gasteiger partial charge in [-0.3, -0.25) is 14.6 Å². The summed E-state index contributed by atoms with van der Waals surface area (Å²) in [4.78, 5) is 29.2. The highest BCUT2D eigenvalue weighted by molar-refractivity contribution is 5.96. The van der Waals surface area contributed by atoms with Crippen LogP contribution in [0.2, 0.25) is 0 Å². The maximum atomic E-state index is 12.5. The average Bonchev–Trinajstić information content (AvgIpc) is 2.83. The first-order chi connectivity index (χ1) is 15.5. The van der Waals surface area contributed by atoms with Crippen LogP contribution >= 0.6 is 0 Å². The van der Waals surface area contributed by atoms with Gasteiger partial charge in [0.05, 0.1) is 5.56 Å². The highest BCUT2D eigenvalue weighted by Gasteiger charge is 2.14. The molecule has 2 N–H and O–H groups in total. The Morgan fingerprint density at radius 2 is 1.22 bits per heavy atom. The van der Waals surface area contributed by atoms with E-state index in [0.29, 0.717) is 11.3 Å². The maximum absolute atomic E-state index is 12.5. The number of pyridine rings is 1. The van der Waals surface area contributed by atoms with Gasteiger partial charge >= 0.3 is 0 Å². The maximum Gasteiger partial charge on any atom is 0.270 e. The molecule has 0 spiro atoms. The van der Waals surface area contributed by atoms with E-state index >= 15 is 0 Å². The lowest BCUT2D eigenvalue weighted by Crippen LogP contribution is -2.34. The van der Waals surface area contributed by atoms with Gasteiger partial charge in [0.2, 0.25) is 0 Å². The van der Waals surface area contributed by atoms with Gasteiger partial charge in [0.25, 0.3) is 11.8 Å². The van der Waals surface area contributed by atoms with Crippen molar-refractivity contribution >= 4 is 11.8 Å². The van der Waals surface area contributed by atoms with Gasteiger partial charge in [-0.1, -0.05) is 60.7 Å². The van der Waals surface area contributed by atoms with E-state index in [-0.39, 0.29) is 23.9 Å². The first-order valence-electron chi connectivity index (χ1n) is 11.2. The molecule has 3 aromatic rings. The Morgan fingerprint density at radius 1 is 0.719 bits per heavy atom. The lowest BCUT2D eigenvalue weighted by molar-refractivity contribution is 0.0922. The fourth-order valence-electron chi connectivity index (χ4n) is 3.47. The van der Waals surface area contributed by atoms with E-state index in [2.05, 4.69) is 39.9 Å². The second kappa shape index (κ2) is 11.8. The number of hydrogen-bond acceptors (Lipinski definition) is 3. The molecule has 5 nitrogen and oxygen atoms in total. The number of amides is 2. The molecule has 0 aliphatic carbocycles. The number of rotatable bonds is 10. The molecule has 1 heterocycles. The summed E-state index contributed by atoms with van der Waals surface area (Å²) in [5.41, 5.74) is 3.26. The highest BCUT2D eigenvalue weighted by atomic mass is 16.2. The van der Waals surface area contributed by atoms with Crippen LogP contribution < -0.4 is 10.6 Å². The molecule has 166 valence electrons. The van der Waals surface area contributed by atoms with Crippen LogP contribution in [0.15, 0.2) is 79.0 Å². The lowest BCUT2D eigenvalue weighted by Gasteiger charge is -2.15. The molecule has 2 aromatic carbocycles. The minimum Gasteiger partial charge on any atom is -0.350 e. The number of carbonyl (C=O) groups is 2. The highest BCUT2D eigenvalue weighted by Crippen LogP contribution is 2.08. The largest absolute Gasteiger partial charge is 0.350 e. The van der Waals surface area contributed by atoms with Crippen molar-refractivity contribution in [3.63, 3.8) is 0 Å². The van der Waals surface area contributed by atoms with Crippen LogP contribution in [0.3, 0.4) is 0 Å². The third-order valence-corrected chi connectivity index (χ3v) is 5.43. The van der Waals surface area contributed by atoms with Gasteiger partial charge < -0.3 is 10.6 Å². The Kier molecular flexibility index (Phi) is 8.55. The molecule has 32 heavy (non-hydrogen) atoms. The van der Waals surface area contributed by atoms with Gasteiger partial charge in [-0.2, -0.15) is 0 Å². The summed E-state index contributed by atoms with van der Waals surface area (Å²) in [5.74, 6) is -0.407. The van der Waals surface area contributed by atoms with E-state index in [1.165, 1.54) is 17.3 Å². The number of aromatic nitrogens is 1. The number of aryl methyl sites for hydroxylation is 2. The van der Waals surface area contributed by atoms with Crippen molar-refractivity contribution in [3.05, 3.63) is 101 Å². The van der Waals surface area contributed by atoms with Crippen LogP contribution in [0.5, 0.6) is 0 Å². The molecule has 0 unspecified atom stereocenters. The zero-order valence-corrected chi connectivity index (χ0v) is 18.8. The summed E-state index contributed by atoms with van der Waals surface area (Å²) in [6.07, 6.45) is 4.96. The molecule has 2 atom stereocenters. The van der Waals surface area contributed by atoms with Crippen molar-refractivity contribution in [2.24, 2.45) is 0 Å². The third kappa shape index (κ3) is 7.34. The van der Waals surface area contributed by atoms with Crippen LogP contribution in [-0.4, -0.2) is 28.9 Å². The van der Waals surface area contributed by atoms with E-state index in [4.69, 9.17) is 0 Å². The molecule has 0 radical (unpaired) electrons. The van der Waals surface area contributed by atoms with Crippen molar-refractivity contribution in [3.8, 4) is 0 Å². The Labute approximate surface area is 190 Å². The molecule has 0 fully saturated rings. The normalized spacial score (nSPS) is 12.6. The molecule has 1 aromatic heterocycles. The van der Waals surface area contributed by atoms with E-state index in [1.807, 2.05) is 50.2 Å². The Morgan fingerprint density at radius 3 is 1.69 bits per heavy atom. The Balaban J connectivity index is 1.44. The predicted octanol–water partition coefficient (Wildman–Crippen LogP) is 4.58. The molecule has 0 saturated heterocycles. The molecule has 0 bridgehead atoms. The van der Waals surface area contributed by atoms with Crippen molar-refractivity contribution in [1.82, 2.24) is 15.6 Å². The Hall–Kier alpha value is -3.47. The second-order valence-electron chi connectivity index (χ2n) is 8.23. The molecular weight excluding hydrogens is 398 g/mol. The van der Waals surface area contributed by atoms with Crippen molar-refractivity contribution < 1.29 is 9.59 Å². The summed E-state index contributed by atoms with van der Waals surface area (Å²) >= 11 is 0. The molecule has 5 heteroatoms. The van der Waals surface area contributed by atoms with Gasteiger partial charge in [-0.05, 0) is 62.8 Å². The zero-order valence-electron chi connectivity index (χ0n) is 18.8. The van der Waals surface area contributed by atoms with Crippen LogP contribution in [-0.2, 0) is 12.8 Å². The van der Waals surface area contributed by atoms with Gasteiger partial charge in [-0.25, -0.2) is 0 Å². The molecule has 0 saturated carbocycles. The van der Waals surface area contributed by atoms with Gasteiger partial charge in [0.15, 0.2) is 0 Å². The first kappa shape index (κ1) is 23.2. The standard InChI is InChI=1S/C27H31N3O2/c1-20(13-15-22-9-5-3-6-10-22)29-26(31)24-17-18-25(28-19-24)27(32)30-21(2)14-16-23-11-7-4-8-12-23/h3-12,17-21H,13-16H2,1-2H3,(H,29,31)(H,30,32)/t20-,21+/m1/s1. The first-order valence-corrected chi connectivity index (χ1v) is 11.2. The number of benzene rings is 2. The third-order valence-electron chi connectivity index (χ3n) is 5.43. The van der Waals surface area contributed by atoms with E-state index < -0.39 is 0 Å². The van der Waals surface area contributed by atoms with E-state index in [9.17, 15) is 9.59 Å². The topological polar surface area (TPSA) is 71.1 Å². The Bertz CT molecular complexity index is 906. The fraction of sp³-hybridized carbons (Fsp3) is 0.296. The molecule has 2 amide bonds. The van der Waals surface area contributed by atoms with Gasteiger partial charge in [-0.15, -0.1) is 0 Å². The number of nitrogens with one attached hydrogen (secondary N) is 2. The minimum atomic E-state index is -0.228. The number of nitrogens with zero attached hydrogens (tertiary/aromatic N) is 1. The van der Waals surface area contributed by atoms with Crippen molar-refractivity contribution in [2.45, 2.75) is 51.6 Å². The van der Waals surface area contributed by atoms with Crippen molar-refractivity contribution in [2.75, 3.05) is 0 Å². The predicted molar refractivity (Wildman–Crippen MR) is 128 cm³/mol. The van der Waals surface area contributed by atoms with Gasteiger partial charge in [0, 0.05) is 18.3 Å². The summed E-state index contributed by atoms with van der Waals surface area (Å²) in [5, 5.41) is 5.98. The van der Waals surface area contributed by atoms with E-state index in [0.717, 1.165) is 25.7 Å². The van der Waals surface area contributed by atoms with Crippen LogP contribution in [0.1, 0.15) is 58.7 Å². The quantitative estimate of drug-likeness (QED) is 0.495. The zero-order chi connectivity index (χ0) is 22.8. The summed E-state index contributed by atoms with van der Waals surface area (Å²) in [6.45, 7) is 3.98. The van der Waals surface area contributed by atoms with Crippen molar-refractivity contribution in [1.29, 1.82) is 0 Å². The van der Waals surface area contributed by atoms with Crippen LogP contribution in [0.25, 0.3) is 0 Å². The summed E-state index contributed by atoms with van der Waals surface area (Å²) in [6, 6.07) is 23.7. The fourth-order valence-corrected chi connectivity index (χ4v) is 3.47. The summed E-state index contributed by atoms with van der Waals surface area (Å²) < 4.78 is 0. The average molecular weight is 430 g/mol. The molecule has 3 rings (SSSR count). The SMILES string of the molecule is C[C@H](CCc1ccccc1)NC(=O)c1ccc(C(=O)N[C@@H](C)CCc2ccccc2)nc1.